The van der Waals surface area contributed by atoms with Crippen LogP contribution in [0.5, 0.6) is 5.75 Å². The first-order chi connectivity index (χ1) is 17.0. The number of anilines is 1. The van der Waals surface area contributed by atoms with Crippen molar-refractivity contribution in [3.63, 3.8) is 0 Å². The minimum absolute atomic E-state index is 0.207. The first-order valence-electron chi connectivity index (χ1n) is 11.3. The molecule has 1 saturated heterocycles. The maximum absolute atomic E-state index is 12.7. The lowest BCUT2D eigenvalue weighted by atomic mass is 10.2. The lowest BCUT2D eigenvalue weighted by Crippen LogP contribution is -2.49. The molecule has 1 amide bonds. The van der Waals surface area contributed by atoms with Gasteiger partial charge >= 0.3 is 5.97 Å². The Morgan fingerprint density at radius 3 is 2.49 bits per heavy atom. The van der Waals surface area contributed by atoms with E-state index in [9.17, 15) is 9.59 Å². The summed E-state index contributed by atoms with van der Waals surface area (Å²) in [5.41, 5.74) is 3.21. The zero-order chi connectivity index (χ0) is 24.8. The molecule has 0 saturated carbocycles. The van der Waals surface area contributed by atoms with E-state index in [0.717, 1.165) is 28.5 Å². The number of esters is 1. The summed E-state index contributed by atoms with van der Waals surface area (Å²) in [6, 6.07) is 11.2. The maximum Gasteiger partial charge on any atom is 0.341 e. The van der Waals surface area contributed by atoms with Gasteiger partial charge in [0.05, 0.1) is 18.4 Å². The second kappa shape index (κ2) is 11.3. The van der Waals surface area contributed by atoms with Gasteiger partial charge in [-0.2, -0.15) is 0 Å². The summed E-state index contributed by atoms with van der Waals surface area (Å²) in [6.07, 6.45) is 1.62. The van der Waals surface area contributed by atoms with E-state index in [1.165, 1.54) is 11.8 Å². The molecule has 0 atom stereocenters. The van der Waals surface area contributed by atoms with Crippen molar-refractivity contribution >= 4 is 29.3 Å². The zero-order valence-corrected chi connectivity index (χ0v) is 20.8. The normalized spacial score (nSPS) is 13.6. The van der Waals surface area contributed by atoms with E-state index in [2.05, 4.69) is 15.0 Å². The van der Waals surface area contributed by atoms with Crippen molar-refractivity contribution in [2.75, 3.05) is 44.8 Å². The number of nitrogens with zero attached hydrogens (tertiary/aromatic N) is 4. The second-order valence-electron chi connectivity index (χ2n) is 8.09. The Kier molecular flexibility index (Phi) is 7.91. The standard InChI is InChI=1S/C25H28N4O5S/c1-17-22(18(2)34-27-17)16-35-24-21(5-4-10-26-24)25(31)33-15-23(30)29-13-11-28(12-14-29)19-6-8-20(32-3)9-7-19/h4-10H,11-16H2,1-3H3. The van der Waals surface area contributed by atoms with Crippen molar-refractivity contribution in [1.29, 1.82) is 0 Å². The molecular formula is C25H28N4O5S. The van der Waals surface area contributed by atoms with Gasteiger partial charge in [-0.15, -0.1) is 11.8 Å². The second-order valence-corrected chi connectivity index (χ2v) is 9.05. The van der Waals surface area contributed by atoms with Gasteiger partial charge < -0.3 is 23.8 Å². The number of thioether (sulfide) groups is 1. The Labute approximate surface area is 208 Å². The van der Waals surface area contributed by atoms with E-state index in [1.54, 1.807) is 30.3 Å². The van der Waals surface area contributed by atoms with Crippen molar-refractivity contribution < 1.29 is 23.6 Å². The average molecular weight is 497 g/mol. The SMILES string of the molecule is COc1ccc(N2CCN(C(=O)COC(=O)c3cccnc3SCc3c(C)noc3C)CC2)cc1. The van der Waals surface area contributed by atoms with Crippen LogP contribution in [-0.2, 0) is 15.3 Å². The molecule has 0 radical (unpaired) electrons. The van der Waals surface area contributed by atoms with Crippen LogP contribution in [0.1, 0.15) is 27.4 Å². The molecule has 35 heavy (non-hydrogen) atoms. The maximum atomic E-state index is 12.7. The van der Waals surface area contributed by atoms with Gasteiger partial charge in [0.1, 0.15) is 16.5 Å². The predicted molar refractivity (Wildman–Crippen MR) is 132 cm³/mol. The fourth-order valence-electron chi connectivity index (χ4n) is 3.81. The quantitative estimate of drug-likeness (QED) is 0.343. The molecule has 0 aliphatic carbocycles. The Hall–Kier alpha value is -3.53. The summed E-state index contributed by atoms with van der Waals surface area (Å²) >= 11 is 1.40. The third-order valence-corrected chi connectivity index (χ3v) is 6.95. The zero-order valence-electron chi connectivity index (χ0n) is 20.0. The molecule has 9 nitrogen and oxygen atoms in total. The topological polar surface area (TPSA) is 98.0 Å². The van der Waals surface area contributed by atoms with Crippen LogP contribution in [0, 0.1) is 13.8 Å². The molecule has 0 unspecified atom stereocenters. The molecular weight excluding hydrogens is 468 g/mol. The molecule has 1 aliphatic heterocycles. The van der Waals surface area contributed by atoms with Gasteiger partial charge in [0.15, 0.2) is 6.61 Å². The Morgan fingerprint density at radius 2 is 1.83 bits per heavy atom. The Bertz CT molecular complexity index is 1150. The molecule has 3 heterocycles. The molecule has 10 heteroatoms. The summed E-state index contributed by atoms with van der Waals surface area (Å²) in [5.74, 6) is 1.35. The van der Waals surface area contributed by atoms with Crippen LogP contribution in [0.4, 0.5) is 5.69 Å². The largest absolute Gasteiger partial charge is 0.497 e. The number of ether oxygens (including phenoxy) is 2. The van der Waals surface area contributed by atoms with Crippen LogP contribution in [-0.4, -0.2) is 66.8 Å². The summed E-state index contributed by atoms with van der Waals surface area (Å²) in [5, 5.41) is 4.50. The number of aromatic nitrogens is 2. The molecule has 0 N–H and O–H groups in total. The third kappa shape index (κ3) is 5.94. The van der Waals surface area contributed by atoms with Crippen LogP contribution in [0.15, 0.2) is 52.1 Å². The van der Waals surface area contributed by atoms with E-state index in [0.29, 0.717) is 42.5 Å². The van der Waals surface area contributed by atoms with E-state index >= 15 is 0 Å². The van der Waals surface area contributed by atoms with Crippen LogP contribution < -0.4 is 9.64 Å². The molecule has 4 rings (SSSR count). The molecule has 184 valence electrons. The highest BCUT2D eigenvalue weighted by atomic mass is 32.2. The van der Waals surface area contributed by atoms with Crippen LogP contribution in [0.3, 0.4) is 0 Å². The van der Waals surface area contributed by atoms with Gasteiger partial charge in [-0.1, -0.05) is 5.16 Å². The van der Waals surface area contributed by atoms with Crippen LogP contribution >= 0.6 is 11.8 Å². The van der Waals surface area contributed by atoms with E-state index in [1.807, 2.05) is 38.1 Å². The Balaban J connectivity index is 1.28. The number of hydrogen-bond donors (Lipinski definition) is 0. The number of methoxy groups -OCH3 is 1. The van der Waals surface area contributed by atoms with E-state index in [-0.39, 0.29) is 12.5 Å². The minimum Gasteiger partial charge on any atom is -0.497 e. The highest BCUT2D eigenvalue weighted by Crippen LogP contribution is 2.27. The molecule has 1 fully saturated rings. The molecule has 3 aromatic rings. The van der Waals surface area contributed by atoms with Crippen LogP contribution in [0.25, 0.3) is 0 Å². The lowest BCUT2D eigenvalue weighted by Gasteiger charge is -2.36. The van der Waals surface area contributed by atoms with E-state index in [4.69, 9.17) is 14.0 Å². The summed E-state index contributed by atoms with van der Waals surface area (Å²) in [4.78, 5) is 33.7. The van der Waals surface area contributed by atoms with Crippen molar-refractivity contribution in [2.24, 2.45) is 0 Å². The monoisotopic (exact) mass is 496 g/mol. The van der Waals surface area contributed by atoms with E-state index < -0.39 is 5.97 Å². The predicted octanol–water partition coefficient (Wildman–Crippen LogP) is 3.49. The van der Waals surface area contributed by atoms with Crippen molar-refractivity contribution in [2.45, 2.75) is 24.6 Å². The first kappa shape index (κ1) is 24.6. The van der Waals surface area contributed by atoms with Gasteiger partial charge in [0, 0.05) is 49.4 Å². The van der Waals surface area contributed by atoms with Crippen LogP contribution in [0.2, 0.25) is 0 Å². The Morgan fingerprint density at radius 1 is 1.09 bits per heavy atom. The van der Waals surface area contributed by atoms with Gasteiger partial charge in [0.2, 0.25) is 0 Å². The number of hydrogen-bond acceptors (Lipinski definition) is 9. The van der Waals surface area contributed by atoms with Gasteiger partial charge in [-0.05, 0) is 50.2 Å². The number of piperazine rings is 1. The number of benzene rings is 1. The molecule has 1 aliphatic rings. The molecule has 1 aromatic carbocycles. The van der Waals surface area contributed by atoms with Crippen molar-refractivity contribution in [3.05, 3.63) is 65.2 Å². The van der Waals surface area contributed by atoms with Gasteiger partial charge in [0.25, 0.3) is 5.91 Å². The average Bonchev–Trinajstić information content (AvgIpc) is 3.22. The number of rotatable bonds is 8. The molecule has 0 spiro atoms. The first-order valence-corrected chi connectivity index (χ1v) is 12.3. The lowest BCUT2D eigenvalue weighted by molar-refractivity contribution is -0.134. The fourth-order valence-corrected chi connectivity index (χ4v) is 4.95. The van der Waals surface area contributed by atoms with Crippen molar-refractivity contribution in [3.8, 4) is 5.75 Å². The number of aryl methyl sites for hydroxylation is 2. The number of amides is 1. The highest BCUT2D eigenvalue weighted by molar-refractivity contribution is 7.98. The number of carbonyl (C=O) groups is 2. The fraction of sp³-hybridized carbons (Fsp3) is 0.360. The number of carbonyl (C=O) groups excluding carboxylic acids is 2. The van der Waals surface area contributed by atoms with Gasteiger partial charge in [-0.3, -0.25) is 4.79 Å². The number of pyridine rings is 1. The molecule has 0 bridgehead atoms. The smallest absolute Gasteiger partial charge is 0.341 e. The summed E-state index contributed by atoms with van der Waals surface area (Å²) in [6.45, 7) is 5.97. The van der Waals surface area contributed by atoms with Gasteiger partial charge in [-0.25, -0.2) is 9.78 Å². The summed E-state index contributed by atoms with van der Waals surface area (Å²) < 4.78 is 15.8. The third-order valence-electron chi connectivity index (χ3n) is 5.92. The molecule has 2 aromatic heterocycles. The highest BCUT2D eigenvalue weighted by Gasteiger charge is 2.23. The van der Waals surface area contributed by atoms with Crippen molar-refractivity contribution in [1.82, 2.24) is 15.0 Å². The summed E-state index contributed by atoms with van der Waals surface area (Å²) in [7, 11) is 1.64. The minimum atomic E-state index is -0.565.